The molecule has 1 aliphatic rings. The maximum absolute atomic E-state index is 12.6. The molecular formula is C20H18BrN5O2. The van der Waals surface area contributed by atoms with Gasteiger partial charge in [-0.2, -0.15) is 5.10 Å². The van der Waals surface area contributed by atoms with Gasteiger partial charge >= 0.3 is 0 Å². The normalized spacial score (nSPS) is 16.4. The number of amides is 2. The fourth-order valence-corrected chi connectivity index (χ4v) is 3.73. The summed E-state index contributed by atoms with van der Waals surface area (Å²) in [5.74, 6) is -0.499. The van der Waals surface area contributed by atoms with E-state index in [1.165, 1.54) is 6.33 Å². The lowest BCUT2D eigenvalue weighted by Gasteiger charge is -2.18. The Balaban J connectivity index is 1.35. The molecule has 8 heteroatoms. The third kappa shape index (κ3) is 3.82. The molecule has 0 spiro atoms. The highest BCUT2D eigenvalue weighted by Crippen LogP contribution is 2.31. The van der Waals surface area contributed by atoms with Crippen LogP contribution < -0.4 is 10.2 Å². The minimum Gasteiger partial charge on any atom is -0.352 e. The molecule has 0 radical (unpaired) electrons. The van der Waals surface area contributed by atoms with Crippen LogP contribution in [0.15, 0.2) is 65.7 Å². The van der Waals surface area contributed by atoms with Crippen LogP contribution in [0.5, 0.6) is 0 Å². The van der Waals surface area contributed by atoms with Crippen molar-refractivity contribution >= 4 is 33.4 Å². The van der Waals surface area contributed by atoms with Crippen LogP contribution in [0.3, 0.4) is 0 Å². The van der Waals surface area contributed by atoms with Crippen molar-refractivity contribution in [2.24, 2.45) is 5.92 Å². The van der Waals surface area contributed by atoms with Crippen LogP contribution in [0.25, 0.3) is 5.69 Å². The fourth-order valence-electron chi connectivity index (χ4n) is 3.23. The molecular weight excluding hydrogens is 422 g/mol. The first-order valence-corrected chi connectivity index (χ1v) is 9.67. The van der Waals surface area contributed by atoms with Crippen LogP contribution in [0.1, 0.15) is 12.0 Å². The molecule has 4 rings (SSSR count). The lowest BCUT2D eigenvalue weighted by Crippen LogP contribution is -2.32. The molecule has 1 unspecified atom stereocenters. The van der Waals surface area contributed by atoms with Gasteiger partial charge in [-0.25, -0.2) is 9.67 Å². The van der Waals surface area contributed by atoms with Crippen molar-refractivity contribution in [1.82, 2.24) is 20.1 Å². The van der Waals surface area contributed by atoms with Crippen LogP contribution in [0.2, 0.25) is 0 Å². The van der Waals surface area contributed by atoms with Gasteiger partial charge in [0.05, 0.1) is 17.3 Å². The quantitative estimate of drug-likeness (QED) is 0.662. The number of anilines is 1. The molecule has 3 aromatic rings. The second-order valence-corrected chi connectivity index (χ2v) is 7.44. The molecule has 2 aromatic carbocycles. The Bertz CT molecular complexity index is 988. The Morgan fingerprint density at radius 2 is 1.96 bits per heavy atom. The monoisotopic (exact) mass is 439 g/mol. The summed E-state index contributed by atoms with van der Waals surface area (Å²) < 4.78 is 2.51. The van der Waals surface area contributed by atoms with E-state index in [-0.39, 0.29) is 24.2 Å². The number of rotatable bonds is 5. The Morgan fingerprint density at radius 1 is 1.18 bits per heavy atom. The summed E-state index contributed by atoms with van der Waals surface area (Å²) in [6.45, 7) is 0.800. The summed E-state index contributed by atoms with van der Waals surface area (Å²) in [5.41, 5.74) is 2.67. The molecule has 2 heterocycles. The topological polar surface area (TPSA) is 80.1 Å². The molecule has 28 heavy (non-hydrogen) atoms. The predicted octanol–water partition coefficient (Wildman–Crippen LogP) is 2.70. The number of benzene rings is 2. The zero-order valence-corrected chi connectivity index (χ0v) is 16.5. The van der Waals surface area contributed by atoms with Crippen molar-refractivity contribution in [3.8, 4) is 5.69 Å². The number of carbonyl (C=O) groups excluding carboxylic acids is 2. The largest absolute Gasteiger partial charge is 0.352 e. The molecule has 1 N–H and O–H groups in total. The smallest absolute Gasteiger partial charge is 0.227 e. The van der Waals surface area contributed by atoms with Gasteiger partial charge in [-0.15, -0.1) is 0 Å². The number of para-hydroxylation sites is 1. The molecule has 1 atom stereocenters. The van der Waals surface area contributed by atoms with E-state index >= 15 is 0 Å². The van der Waals surface area contributed by atoms with E-state index in [9.17, 15) is 9.59 Å². The van der Waals surface area contributed by atoms with E-state index in [0.29, 0.717) is 13.1 Å². The predicted molar refractivity (Wildman–Crippen MR) is 108 cm³/mol. The number of hydrogen-bond acceptors (Lipinski definition) is 4. The Hall–Kier alpha value is -3.00. The van der Waals surface area contributed by atoms with Crippen molar-refractivity contribution < 1.29 is 9.59 Å². The second kappa shape index (κ2) is 7.93. The summed E-state index contributed by atoms with van der Waals surface area (Å²) >= 11 is 3.47. The first-order chi connectivity index (χ1) is 13.6. The van der Waals surface area contributed by atoms with Crippen LogP contribution >= 0.6 is 15.9 Å². The van der Waals surface area contributed by atoms with Gasteiger partial charge in [0.15, 0.2) is 0 Å². The first kappa shape index (κ1) is 18.4. The number of nitrogens with zero attached hydrogens (tertiary/aromatic N) is 4. The van der Waals surface area contributed by atoms with E-state index in [4.69, 9.17) is 0 Å². The van der Waals surface area contributed by atoms with Crippen LogP contribution in [-0.2, 0) is 16.1 Å². The maximum atomic E-state index is 12.6. The third-order valence-electron chi connectivity index (χ3n) is 4.73. The van der Waals surface area contributed by atoms with Crippen molar-refractivity contribution in [1.29, 1.82) is 0 Å². The van der Waals surface area contributed by atoms with Crippen molar-refractivity contribution in [3.63, 3.8) is 0 Å². The minimum absolute atomic E-state index is 0.0377. The highest BCUT2D eigenvalue weighted by molar-refractivity contribution is 9.10. The van der Waals surface area contributed by atoms with Gasteiger partial charge in [-0.3, -0.25) is 9.59 Å². The van der Waals surface area contributed by atoms with Gasteiger partial charge in [0, 0.05) is 24.0 Å². The molecule has 1 fully saturated rings. The summed E-state index contributed by atoms with van der Waals surface area (Å²) in [5, 5.41) is 7.02. The third-order valence-corrected chi connectivity index (χ3v) is 5.40. The number of halogens is 1. The summed E-state index contributed by atoms with van der Waals surface area (Å²) in [7, 11) is 0. The second-order valence-electron chi connectivity index (χ2n) is 6.58. The van der Waals surface area contributed by atoms with E-state index in [1.54, 1.807) is 15.9 Å². The zero-order chi connectivity index (χ0) is 19.5. The maximum Gasteiger partial charge on any atom is 0.227 e. The molecule has 0 saturated carbocycles. The van der Waals surface area contributed by atoms with Gasteiger partial charge in [-0.05, 0) is 45.8 Å². The van der Waals surface area contributed by atoms with Crippen molar-refractivity contribution in [2.45, 2.75) is 13.0 Å². The van der Waals surface area contributed by atoms with Crippen molar-refractivity contribution in [3.05, 3.63) is 71.2 Å². The van der Waals surface area contributed by atoms with Gasteiger partial charge in [0.1, 0.15) is 12.7 Å². The number of aromatic nitrogens is 3. The van der Waals surface area contributed by atoms with Gasteiger partial charge in [0.25, 0.3) is 0 Å². The van der Waals surface area contributed by atoms with Crippen LogP contribution in [0.4, 0.5) is 5.69 Å². The molecule has 142 valence electrons. The molecule has 1 saturated heterocycles. The Kier molecular flexibility index (Phi) is 5.21. The van der Waals surface area contributed by atoms with Crippen LogP contribution in [-0.4, -0.2) is 33.1 Å². The standard InChI is InChI=1S/C20H18BrN5O2/c21-17-3-1-2-4-18(17)25-11-15(9-19(25)27)20(28)23-10-14-5-7-16(8-6-14)26-13-22-12-24-26/h1-8,12-13,15H,9-11H2,(H,23,28). The lowest BCUT2D eigenvalue weighted by molar-refractivity contribution is -0.126. The minimum atomic E-state index is -0.353. The first-order valence-electron chi connectivity index (χ1n) is 8.88. The summed E-state index contributed by atoms with van der Waals surface area (Å²) in [4.78, 5) is 30.5. The van der Waals surface area contributed by atoms with Crippen molar-refractivity contribution in [2.75, 3.05) is 11.4 Å². The number of hydrogen-bond donors (Lipinski definition) is 1. The number of nitrogens with one attached hydrogen (secondary N) is 1. The molecule has 0 bridgehead atoms. The SMILES string of the molecule is O=C(NCc1ccc(-n2cncn2)cc1)C1CC(=O)N(c2ccccc2Br)C1. The average Bonchev–Trinajstić information content (AvgIpc) is 3.37. The summed E-state index contributed by atoms with van der Waals surface area (Å²) in [6.07, 6.45) is 3.33. The molecule has 7 nitrogen and oxygen atoms in total. The van der Waals surface area contributed by atoms with Crippen LogP contribution in [0, 0.1) is 5.92 Å². The van der Waals surface area contributed by atoms with E-state index < -0.39 is 0 Å². The van der Waals surface area contributed by atoms with Gasteiger partial charge in [-0.1, -0.05) is 24.3 Å². The fraction of sp³-hybridized carbons (Fsp3) is 0.200. The van der Waals surface area contributed by atoms with E-state index in [0.717, 1.165) is 21.4 Å². The highest BCUT2D eigenvalue weighted by atomic mass is 79.9. The van der Waals surface area contributed by atoms with E-state index in [1.807, 2.05) is 48.5 Å². The Labute approximate surface area is 170 Å². The zero-order valence-electron chi connectivity index (χ0n) is 15.0. The van der Waals surface area contributed by atoms with Gasteiger partial charge in [0.2, 0.25) is 11.8 Å². The lowest BCUT2D eigenvalue weighted by atomic mass is 10.1. The number of carbonyl (C=O) groups is 2. The average molecular weight is 440 g/mol. The molecule has 0 aliphatic carbocycles. The molecule has 2 amide bonds. The Morgan fingerprint density at radius 3 is 2.68 bits per heavy atom. The highest BCUT2D eigenvalue weighted by Gasteiger charge is 2.35. The molecule has 1 aliphatic heterocycles. The van der Waals surface area contributed by atoms with Gasteiger partial charge < -0.3 is 10.2 Å². The summed E-state index contributed by atoms with van der Waals surface area (Å²) in [6, 6.07) is 15.2. The van der Waals surface area contributed by atoms with E-state index in [2.05, 4.69) is 31.3 Å². The molecule has 1 aromatic heterocycles.